The third-order valence-corrected chi connectivity index (χ3v) is 6.01. The highest BCUT2D eigenvalue weighted by molar-refractivity contribution is 5.62. The van der Waals surface area contributed by atoms with Crippen molar-refractivity contribution in [1.82, 2.24) is 19.5 Å². The van der Waals surface area contributed by atoms with Gasteiger partial charge in [0.25, 0.3) is 0 Å². The Hall–Kier alpha value is -3.74. The number of hydrogen-bond donors (Lipinski definition) is 1. The molecule has 1 aliphatic heterocycles. The number of hydrogen-bond acceptors (Lipinski definition) is 5. The van der Waals surface area contributed by atoms with Crippen LogP contribution in [0.3, 0.4) is 0 Å². The summed E-state index contributed by atoms with van der Waals surface area (Å²) in [5, 5.41) is 3.39. The number of piperidine rings is 1. The molecule has 0 spiro atoms. The Morgan fingerprint density at radius 3 is 2.39 bits per heavy atom. The van der Waals surface area contributed by atoms with E-state index in [1.807, 2.05) is 35.0 Å². The maximum atomic E-state index is 13.6. The van der Waals surface area contributed by atoms with Gasteiger partial charge in [0.05, 0.1) is 12.2 Å². The number of rotatable bonds is 6. The summed E-state index contributed by atoms with van der Waals surface area (Å²) in [6.45, 7) is 4.07. The molecular formula is C26H27FN6. The van der Waals surface area contributed by atoms with Gasteiger partial charge in [-0.25, -0.2) is 14.4 Å². The molecular weight excluding hydrogens is 415 g/mol. The van der Waals surface area contributed by atoms with Crippen LogP contribution in [0.2, 0.25) is 0 Å². The Morgan fingerprint density at radius 2 is 1.64 bits per heavy atom. The molecule has 6 nitrogen and oxygen atoms in total. The van der Waals surface area contributed by atoms with Crippen LogP contribution in [-0.2, 0) is 0 Å². The van der Waals surface area contributed by atoms with E-state index in [1.54, 1.807) is 18.3 Å². The summed E-state index contributed by atoms with van der Waals surface area (Å²) in [5.41, 5.74) is 2.00. The predicted molar refractivity (Wildman–Crippen MR) is 129 cm³/mol. The largest absolute Gasteiger partial charge is 0.355 e. The lowest BCUT2D eigenvalue weighted by Gasteiger charge is -2.26. The zero-order valence-electron chi connectivity index (χ0n) is 18.7. The van der Waals surface area contributed by atoms with Crippen molar-refractivity contribution in [2.75, 3.05) is 23.3 Å². The molecule has 1 aliphatic rings. The van der Waals surface area contributed by atoms with Gasteiger partial charge in [0.2, 0.25) is 5.95 Å². The van der Waals surface area contributed by atoms with Gasteiger partial charge in [-0.2, -0.15) is 4.98 Å². The molecule has 1 saturated heterocycles. The molecule has 0 aliphatic carbocycles. The normalized spacial score (nSPS) is 14.8. The van der Waals surface area contributed by atoms with Crippen LogP contribution in [0.5, 0.6) is 0 Å². The monoisotopic (exact) mass is 442 g/mol. The van der Waals surface area contributed by atoms with Crippen LogP contribution in [0.25, 0.3) is 17.2 Å². The van der Waals surface area contributed by atoms with Crippen LogP contribution in [0, 0.1) is 5.82 Å². The topological polar surface area (TPSA) is 58.9 Å². The number of benzene rings is 2. The van der Waals surface area contributed by atoms with Gasteiger partial charge >= 0.3 is 0 Å². The lowest BCUT2D eigenvalue weighted by atomic mass is 10.1. The Bertz CT molecular complexity index is 1200. The van der Waals surface area contributed by atoms with Crippen molar-refractivity contribution in [2.24, 2.45) is 0 Å². The molecule has 168 valence electrons. The minimum absolute atomic E-state index is 0.0599. The molecule has 0 amide bonds. The SMILES string of the molecule is C[C@H](Nc1nccc(-n2cc(N3CCCCC3)nc2-c2ccc(F)cc2)n1)c1ccccc1. The maximum absolute atomic E-state index is 13.6. The fraction of sp³-hybridized carbons (Fsp3) is 0.269. The number of nitrogens with one attached hydrogen (secondary N) is 1. The summed E-state index contributed by atoms with van der Waals surface area (Å²) in [5.74, 6) is 2.64. The first-order chi connectivity index (χ1) is 16.2. The molecule has 3 heterocycles. The lowest BCUT2D eigenvalue weighted by molar-refractivity contribution is 0.574. The van der Waals surface area contributed by atoms with Gasteiger partial charge in [0.15, 0.2) is 0 Å². The summed E-state index contributed by atoms with van der Waals surface area (Å²) in [6, 6.07) is 18.6. The summed E-state index contributed by atoms with van der Waals surface area (Å²) in [4.78, 5) is 16.4. The highest BCUT2D eigenvalue weighted by Crippen LogP contribution is 2.28. The van der Waals surface area contributed by atoms with Gasteiger partial charge in [-0.05, 0) is 62.1 Å². The van der Waals surface area contributed by atoms with Gasteiger partial charge < -0.3 is 10.2 Å². The summed E-state index contributed by atoms with van der Waals surface area (Å²) in [7, 11) is 0. The average molecular weight is 443 g/mol. The van der Waals surface area contributed by atoms with Crippen molar-refractivity contribution in [3.63, 3.8) is 0 Å². The Balaban J connectivity index is 1.50. The molecule has 7 heteroatoms. The first-order valence-electron chi connectivity index (χ1n) is 11.4. The molecule has 1 N–H and O–H groups in total. The van der Waals surface area contributed by atoms with E-state index in [-0.39, 0.29) is 11.9 Å². The van der Waals surface area contributed by atoms with Crippen LogP contribution in [0.1, 0.15) is 37.8 Å². The van der Waals surface area contributed by atoms with Gasteiger partial charge in [0.1, 0.15) is 23.3 Å². The number of imidazole rings is 1. The molecule has 2 aromatic heterocycles. The predicted octanol–water partition coefficient (Wildman–Crippen LogP) is 5.63. The second kappa shape index (κ2) is 9.40. The third kappa shape index (κ3) is 4.72. The molecule has 2 aromatic carbocycles. The molecule has 33 heavy (non-hydrogen) atoms. The van der Waals surface area contributed by atoms with Gasteiger partial charge in [0, 0.05) is 24.8 Å². The van der Waals surface area contributed by atoms with E-state index < -0.39 is 0 Å². The van der Waals surface area contributed by atoms with Crippen molar-refractivity contribution in [2.45, 2.75) is 32.2 Å². The van der Waals surface area contributed by atoms with Crippen LogP contribution in [0.4, 0.5) is 16.2 Å². The number of anilines is 2. The van der Waals surface area contributed by atoms with Crippen molar-refractivity contribution >= 4 is 11.8 Å². The van der Waals surface area contributed by atoms with Crippen LogP contribution < -0.4 is 10.2 Å². The molecule has 5 rings (SSSR count). The van der Waals surface area contributed by atoms with Crippen molar-refractivity contribution in [3.05, 3.63) is 84.4 Å². The minimum atomic E-state index is -0.267. The second-order valence-corrected chi connectivity index (χ2v) is 8.36. The summed E-state index contributed by atoms with van der Waals surface area (Å²) >= 11 is 0. The smallest absolute Gasteiger partial charge is 0.225 e. The molecule has 1 atom stereocenters. The van der Waals surface area contributed by atoms with Crippen LogP contribution in [0.15, 0.2) is 73.1 Å². The fourth-order valence-corrected chi connectivity index (χ4v) is 4.19. The van der Waals surface area contributed by atoms with E-state index in [1.165, 1.54) is 18.6 Å². The van der Waals surface area contributed by atoms with E-state index in [0.29, 0.717) is 11.8 Å². The van der Waals surface area contributed by atoms with Gasteiger partial charge in [-0.1, -0.05) is 30.3 Å². The molecule has 0 bridgehead atoms. The third-order valence-electron chi connectivity index (χ3n) is 6.01. The highest BCUT2D eigenvalue weighted by Gasteiger charge is 2.19. The first kappa shape index (κ1) is 21.1. The zero-order chi connectivity index (χ0) is 22.6. The average Bonchev–Trinajstić information content (AvgIpc) is 3.31. The lowest BCUT2D eigenvalue weighted by Crippen LogP contribution is -2.29. The number of aromatic nitrogens is 4. The van der Waals surface area contributed by atoms with Crippen LogP contribution >= 0.6 is 0 Å². The molecule has 1 fully saturated rings. The van der Waals surface area contributed by atoms with Crippen molar-refractivity contribution in [1.29, 1.82) is 0 Å². The van der Waals surface area contributed by atoms with Crippen LogP contribution in [-0.4, -0.2) is 32.6 Å². The standard InChI is InChI=1S/C26H27FN6/c1-19(20-8-4-2-5-9-20)29-26-28-15-14-23(31-26)33-18-24(32-16-6-3-7-17-32)30-25(33)21-10-12-22(27)13-11-21/h2,4-5,8-15,18-19H,3,6-7,16-17H2,1H3,(H,28,29,31)/t19-/m0/s1. The molecule has 4 aromatic rings. The molecule has 0 radical (unpaired) electrons. The first-order valence-corrected chi connectivity index (χ1v) is 11.4. The summed E-state index contributed by atoms with van der Waals surface area (Å²) in [6.07, 6.45) is 7.35. The van der Waals surface area contributed by atoms with E-state index in [9.17, 15) is 4.39 Å². The number of halogens is 1. The quantitative estimate of drug-likeness (QED) is 0.419. The van der Waals surface area contributed by atoms with E-state index in [4.69, 9.17) is 9.97 Å². The van der Waals surface area contributed by atoms with E-state index in [0.717, 1.165) is 48.7 Å². The van der Waals surface area contributed by atoms with Crippen molar-refractivity contribution in [3.8, 4) is 17.2 Å². The maximum Gasteiger partial charge on any atom is 0.225 e. The van der Waals surface area contributed by atoms with Crippen molar-refractivity contribution < 1.29 is 4.39 Å². The van der Waals surface area contributed by atoms with Gasteiger partial charge in [-0.3, -0.25) is 4.57 Å². The zero-order valence-corrected chi connectivity index (χ0v) is 18.7. The molecule has 0 saturated carbocycles. The highest BCUT2D eigenvalue weighted by atomic mass is 19.1. The Morgan fingerprint density at radius 1 is 0.879 bits per heavy atom. The Kier molecular flexibility index (Phi) is 6.02. The van der Waals surface area contributed by atoms with E-state index >= 15 is 0 Å². The van der Waals surface area contributed by atoms with E-state index in [2.05, 4.69) is 34.3 Å². The Labute approximate surface area is 193 Å². The molecule has 0 unspecified atom stereocenters. The second-order valence-electron chi connectivity index (χ2n) is 8.36. The minimum Gasteiger partial charge on any atom is -0.355 e. The summed E-state index contributed by atoms with van der Waals surface area (Å²) < 4.78 is 15.5. The number of nitrogens with zero attached hydrogens (tertiary/aromatic N) is 5. The van der Waals surface area contributed by atoms with Gasteiger partial charge in [-0.15, -0.1) is 0 Å². The fourth-order valence-electron chi connectivity index (χ4n) is 4.19.